The topological polar surface area (TPSA) is 104 Å². The number of sulfone groups is 1. The molecule has 2 heterocycles. The lowest BCUT2D eigenvalue weighted by Crippen LogP contribution is -2.42. The van der Waals surface area contributed by atoms with Gasteiger partial charge in [-0.05, 0) is 37.7 Å². The molecule has 122 valence electrons. The van der Waals surface area contributed by atoms with Crippen LogP contribution in [0.4, 0.5) is 4.79 Å². The van der Waals surface area contributed by atoms with Crippen LogP contribution < -0.4 is 10.6 Å². The van der Waals surface area contributed by atoms with E-state index < -0.39 is 9.84 Å². The van der Waals surface area contributed by atoms with Crippen LogP contribution in [-0.4, -0.2) is 42.2 Å². The highest BCUT2D eigenvalue weighted by molar-refractivity contribution is 7.91. The predicted octanol–water partition coefficient (Wildman–Crippen LogP) is 0.665. The number of aromatic nitrogens is 2. The molecular formula is C14H22N4O3S. The summed E-state index contributed by atoms with van der Waals surface area (Å²) >= 11 is 0. The number of aromatic amines is 1. The number of amides is 2. The number of carbonyl (C=O) groups excluding carboxylic acids is 1. The molecule has 7 nitrogen and oxygen atoms in total. The second kappa shape index (κ2) is 6.28. The Morgan fingerprint density at radius 1 is 1.27 bits per heavy atom. The normalized spacial score (nSPS) is 23.5. The molecule has 1 aromatic rings. The highest BCUT2D eigenvalue weighted by Gasteiger charge is 2.28. The smallest absolute Gasteiger partial charge is 0.315 e. The highest BCUT2D eigenvalue weighted by Crippen LogP contribution is 2.21. The molecule has 0 bridgehead atoms. The fourth-order valence-corrected chi connectivity index (χ4v) is 4.86. The van der Waals surface area contributed by atoms with Gasteiger partial charge in [0.05, 0.1) is 23.7 Å². The molecule has 1 aliphatic carbocycles. The standard InChI is InChI=1S/C14H22N4O3S/c19-14(16-10-6-7-22(20,21)9-10)15-8-13-11-4-2-1-3-5-12(11)17-18-13/h10H,1-9H2,(H,17,18)(H2,15,16,19). The molecule has 1 aromatic heterocycles. The Bertz CT molecular complexity index is 653. The van der Waals surface area contributed by atoms with E-state index in [-0.39, 0.29) is 23.6 Å². The summed E-state index contributed by atoms with van der Waals surface area (Å²) in [4.78, 5) is 11.9. The average molecular weight is 326 g/mol. The molecule has 0 aromatic carbocycles. The van der Waals surface area contributed by atoms with E-state index in [9.17, 15) is 13.2 Å². The van der Waals surface area contributed by atoms with Crippen molar-refractivity contribution in [3.8, 4) is 0 Å². The van der Waals surface area contributed by atoms with E-state index in [2.05, 4.69) is 20.8 Å². The summed E-state index contributed by atoms with van der Waals surface area (Å²) in [6.45, 7) is 0.372. The second-order valence-electron chi connectivity index (χ2n) is 6.12. The van der Waals surface area contributed by atoms with E-state index in [4.69, 9.17) is 0 Å². The van der Waals surface area contributed by atoms with Crippen LogP contribution in [0, 0.1) is 0 Å². The van der Waals surface area contributed by atoms with E-state index in [1.165, 1.54) is 24.1 Å². The van der Waals surface area contributed by atoms with E-state index in [0.717, 1.165) is 25.0 Å². The molecule has 22 heavy (non-hydrogen) atoms. The molecule has 1 aliphatic heterocycles. The fourth-order valence-electron chi connectivity index (χ4n) is 3.18. The Kier molecular flexibility index (Phi) is 4.37. The van der Waals surface area contributed by atoms with Gasteiger partial charge >= 0.3 is 6.03 Å². The van der Waals surface area contributed by atoms with Gasteiger partial charge < -0.3 is 10.6 Å². The number of carbonyl (C=O) groups is 1. The lowest BCUT2D eigenvalue weighted by molar-refractivity contribution is 0.237. The Morgan fingerprint density at radius 2 is 2.09 bits per heavy atom. The first-order chi connectivity index (χ1) is 10.5. The maximum absolute atomic E-state index is 11.9. The van der Waals surface area contributed by atoms with Gasteiger partial charge in [-0.3, -0.25) is 5.10 Å². The molecule has 1 saturated heterocycles. The molecule has 0 radical (unpaired) electrons. The summed E-state index contributed by atoms with van der Waals surface area (Å²) in [6.07, 6.45) is 6.09. The lowest BCUT2D eigenvalue weighted by atomic mass is 10.1. The number of urea groups is 1. The second-order valence-corrected chi connectivity index (χ2v) is 8.34. The van der Waals surface area contributed by atoms with Crippen LogP contribution in [0.25, 0.3) is 0 Å². The highest BCUT2D eigenvalue weighted by atomic mass is 32.2. The van der Waals surface area contributed by atoms with Crippen LogP contribution in [0.15, 0.2) is 0 Å². The monoisotopic (exact) mass is 326 g/mol. The lowest BCUT2D eigenvalue weighted by Gasteiger charge is -2.12. The van der Waals surface area contributed by atoms with Crippen molar-refractivity contribution < 1.29 is 13.2 Å². The van der Waals surface area contributed by atoms with Crippen molar-refractivity contribution in [1.29, 1.82) is 0 Å². The van der Waals surface area contributed by atoms with E-state index in [1.54, 1.807) is 0 Å². The average Bonchev–Trinajstić information content (AvgIpc) is 2.91. The number of aryl methyl sites for hydroxylation is 1. The quantitative estimate of drug-likeness (QED) is 0.710. The van der Waals surface area contributed by atoms with Gasteiger partial charge in [0.1, 0.15) is 0 Å². The predicted molar refractivity (Wildman–Crippen MR) is 82.3 cm³/mol. The van der Waals surface area contributed by atoms with Crippen molar-refractivity contribution in [1.82, 2.24) is 20.8 Å². The van der Waals surface area contributed by atoms with Crippen molar-refractivity contribution >= 4 is 15.9 Å². The third-order valence-corrected chi connectivity index (χ3v) is 6.14. The minimum absolute atomic E-state index is 0.0399. The molecule has 2 aliphatic rings. The zero-order valence-corrected chi connectivity index (χ0v) is 13.3. The maximum Gasteiger partial charge on any atom is 0.315 e. The van der Waals surface area contributed by atoms with Gasteiger partial charge in [0.25, 0.3) is 0 Å². The zero-order valence-electron chi connectivity index (χ0n) is 12.5. The third kappa shape index (κ3) is 3.60. The summed E-state index contributed by atoms with van der Waals surface area (Å²) in [6, 6.07) is -0.603. The van der Waals surface area contributed by atoms with Crippen molar-refractivity contribution in [3.63, 3.8) is 0 Å². The third-order valence-electron chi connectivity index (χ3n) is 4.38. The Morgan fingerprint density at radius 3 is 2.86 bits per heavy atom. The van der Waals surface area contributed by atoms with Crippen LogP contribution in [0.1, 0.15) is 42.6 Å². The number of hydrogen-bond donors (Lipinski definition) is 3. The van der Waals surface area contributed by atoms with Gasteiger partial charge in [-0.2, -0.15) is 5.10 Å². The van der Waals surface area contributed by atoms with E-state index in [0.29, 0.717) is 13.0 Å². The van der Waals surface area contributed by atoms with Crippen molar-refractivity contribution in [2.24, 2.45) is 0 Å². The number of nitrogens with one attached hydrogen (secondary N) is 3. The first-order valence-electron chi connectivity index (χ1n) is 7.83. The van der Waals surface area contributed by atoms with Crippen LogP contribution in [0.2, 0.25) is 0 Å². The van der Waals surface area contributed by atoms with Gasteiger partial charge in [-0.15, -0.1) is 0 Å². The van der Waals surface area contributed by atoms with Gasteiger partial charge in [0.15, 0.2) is 9.84 Å². The summed E-state index contributed by atoms with van der Waals surface area (Å²) in [5.41, 5.74) is 3.32. The van der Waals surface area contributed by atoms with Crippen LogP contribution in [0.5, 0.6) is 0 Å². The van der Waals surface area contributed by atoms with E-state index >= 15 is 0 Å². The minimum atomic E-state index is -2.98. The van der Waals surface area contributed by atoms with Crippen molar-refractivity contribution in [2.45, 2.75) is 51.1 Å². The van der Waals surface area contributed by atoms with Crippen molar-refractivity contribution in [2.75, 3.05) is 11.5 Å². The molecule has 1 unspecified atom stereocenters. The molecule has 1 fully saturated rings. The molecule has 0 spiro atoms. The molecule has 8 heteroatoms. The SMILES string of the molecule is O=C(NCc1n[nH]c2c1CCCCC2)NC1CCS(=O)(=O)C1. The molecule has 2 amide bonds. The summed E-state index contributed by atoms with van der Waals surface area (Å²) in [5, 5.41) is 12.9. The van der Waals surface area contributed by atoms with Crippen LogP contribution in [-0.2, 0) is 29.2 Å². The number of fused-ring (bicyclic) bond motifs is 1. The van der Waals surface area contributed by atoms with Gasteiger partial charge in [-0.1, -0.05) is 6.42 Å². The largest absolute Gasteiger partial charge is 0.334 e. The first-order valence-corrected chi connectivity index (χ1v) is 9.65. The maximum atomic E-state index is 11.9. The summed E-state index contributed by atoms with van der Waals surface area (Å²) < 4.78 is 22.7. The number of H-pyrrole nitrogens is 1. The molecular weight excluding hydrogens is 304 g/mol. The van der Waals surface area contributed by atoms with Crippen LogP contribution in [0.3, 0.4) is 0 Å². The first kappa shape index (κ1) is 15.3. The number of nitrogens with zero attached hydrogens (tertiary/aromatic N) is 1. The van der Waals surface area contributed by atoms with Gasteiger partial charge in [0, 0.05) is 11.7 Å². The molecule has 0 saturated carbocycles. The molecule has 3 N–H and O–H groups in total. The van der Waals surface area contributed by atoms with E-state index in [1.807, 2.05) is 0 Å². The van der Waals surface area contributed by atoms with Gasteiger partial charge in [0.2, 0.25) is 0 Å². The summed E-state index contributed by atoms with van der Waals surface area (Å²) in [7, 11) is -2.98. The Hall–Kier alpha value is -1.57. The molecule has 3 rings (SSSR count). The summed E-state index contributed by atoms with van der Waals surface area (Å²) in [5.74, 6) is 0.197. The van der Waals surface area contributed by atoms with Gasteiger partial charge in [-0.25, -0.2) is 13.2 Å². The zero-order chi connectivity index (χ0) is 15.6. The Labute approximate surface area is 130 Å². The molecule has 1 atom stereocenters. The van der Waals surface area contributed by atoms with Crippen LogP contribution >= 0.6 is 0 Å². The number of hydrogen-bond acceptors (Lipinski definition) is 4. The Balaban J connectivity index is 1.52. The number of rotatable bonds is 3. The fraction of sp³-hybridized carbons (Fsp3) is 0.714. The minimum Gasteiger partial charge on any atom is -0.334 e. The van der Waals surface area contributed by atoms with Crippen molar-refractivity contribution in [3.05, 3.63) is 17.0 Å².